The summed E-state index contributed by atoms with van der Waals surface area (Å²) in [6.45, 7) is 0. The van der Waals surface area contributed by atoms with Gasteiger partial charge in [-0.05, 0) is 31.4 Å². The van der Waals surface area contributed by atoms with Crippen molar-refractivity contribution in [1.82, 2.24) is 0 Å². The van der Waals surface area contributed by atoms with Crippen molar-refractivity contribution in [3.05, 3.63) is 0 Å². The summed E-state index contributed by atoms with van der Waals surface area (Å²) in [6, 6.07) is 0. The number of rotatable bonds is 1. The van der Waals surface area contributed by atoms with Gasteiger partial charge in [-0.3, -0.25) is 0 Å². The molecule has 2 aliphatic rings. The number of thioether (sulfide) groups is 1. The lowest BCUT2D eigenvalue weighted by molar-refractivity contribution is -0.000658. The maximum absolute atomic E-state index is 10.5. The lowest BCUT2D eigenvalue weighted by Gasteiger charge is -2.40. The summed E-state index contributed by atoms with van der Waals surface area (Å²) < 4.78 is 0. The SMILES string of the molecule is OC1(C2CCCCS2)CCCCC1. The summed E-state index contributed by atoms with van der Waals surface area (Å²) in [6.07, 6.45) is 9.88. The summed E-state index contributed by atoms with van der Waals surface area (Å²) in [7, 11) is 0. The van der Waals surface area contributed by atoms with Gasteiger partial charge < -0.3 is 5.11 Å². The molecule has 13 heavy (non-hydrogen) atoms. The lowest BCUT2D eigenvalue weighted by atomic mass is 9.81. The van der Waals surface area contributed by atoms with Crippen molar-refractivity contribution >= 4 is 11.8 Å². The highest BCUT2D eigenvalue weighted by Crippen LogP contribution is 2.41. The molecule has 2 rings (SSSR count). The van der Waals surface area contributed by atoms with Crippen LogP contribution in [0.15, 0.2) is 0 Å². The first-order valence-electron chi connectivity index (χ1n) is 5.65. The first-order valence-corrected chi connectivity index (χ1v) is 6.70. The van der Waals surface area contributed by atoms with Gasteiger partial charge >= 0.3 is 0 Å². The van der Waals surface area contributed by atoms with E-state index in [0.29, 0.717) is 5.25 Å². The van der Waals surface area contributed by atoms with Gasteiger partial charge in [-0.25, -0.2) is 0 Å². The fraction of sp³-hybridized carbons (Fsp3) is 1.00. The molecule has 1 saturated carbocycles. The molecule has 1 N–H and O–H groups in total. The molecule has 0 bridgehead atoms. The van der Waals surface area contributed by atoms with E-state index in [1.807, 2.05) is 11.8 Å². The van der Waals surface area contributed by atoms with Crippen LogP contribution in [0.3, 0.4) is 0 Å². The molecule has 2 fully saturated rings. The van der Waals surface area contributed by atoms with Crippen LogP contribution in [0.4, 0.5) is 0 Å². The fourth-order valence-corrected chi connectivity index (χ4v) is 4.19. The first-order chi connectivity index (χ1) is 6.31. The van der Waals surface area contributed by atoms with Crippen molar-refractivity contribution in [1.29, 1.82) is 0 Å². The van der Waals surface area contributed by atoms with Gasteiger partial charge in [-0.1, -0.05) is 25.7 Å². The van der Waals surface area contributed by atoms with E-state index in [-0.39, 0.29) is 5.60 Å². The van der Waals surface area contributed by atoms with Gasteiger partial charge in [0.2, 0.25) is 0 Å². The van der Waals surface area contributed by atoms with Crippen LogP contribution in [0.5, 0.6) is 0 Å². The van der Waals surface area contributed by atoms with Crippen LogP contribution in [0.2, 0.25) is 0 Å². The number of hydrogen-bond acceptors (Lipinski definition) is 2. The van der Waals surface area contributed by atoms with Crippen LogP contribution in [0, 0.1) is 0 Å². The second kappa shape index (κ2) is 4.22. The second-order valence-electron chi connectivity index (χ2n) is 4.52. The highest BCUT2D eigenvalue weighted by molar-refractivity contribution is 8.00. The smallest absolute Gasteiger partial charge is 0.0765 e. The molecule has 1 aliphatic carbocycles. The van der Waals surface area contributed by atoms with Crippen molar-refractivity contribution in [3.63, 3.8) is 0 Å². The van der Waals surface area contributed by atoms with Crippen LogP contribution in [-0.4, -0.2) is 21.7 Å². The Morgan fingerprint density at radius 2 is 1.77 bits per heavy atom. The van der Waals surface area contributed by atoms with Crippen molar-refractivity contribution < 1.29 is 5.11 Å². The molecule has 1 unspecified atom stereocenters. The minimum Gasteiger partial charge on any atom is -0.389 e. The van der Waals surface area contributed by atoms with E-state index < -0.39 is 0 Å². The third-order valence-corrected chi connectivity index (χ3v) is 5.10. The zero-order valence-electron chi connectivity index (χ0n) is 8.30. The molecule has 0 aromatic carbocycles. The molecule has 2 heteroatoms. The van der Waals surface area contributed by atoms with Gasteiger partial charge in [0.1, 0.15) is 0 Å². The Hall–Kier alpha value is 0.310. The quantitative estimate of drug-likeness (QED) is 0.702. The maximum Gasteiger partial charge on any atom is 0.0765 e. The highest BCUT2D eigenvalue weighted by Gasteiger charge is 2.38. The normalized spacial score (nSPS) is 34.4. The third-order valence-electron chi connectivity index (χ3n) is 3.50. The minimum atomic E-state index is -0.288. The van der Waals surface area contributed by atoms with Gasteiger partial charge in [0, 0.05) is 5.25 Å². The summed E-state index contributed by atoms with van der Waals surface area (Å²) >= 11 is 2.02. The maximum atomic E-state index is 10.5. The third kappa shape index (κ3) is 2.21. The van der Waals surface area contributed by atoms with Gasteiger partial charge in [-0.15, -0.1) is 0 Å². The van der Waals surface area contributed by atoms with E-state index in [2.05, 4.69) is 0 Å². The number of aliphatic hydroxyl groups is 1. The molecule has 1 aliphatic heterocycles. The van der Waals surface area contributed by atoms with Crippen molar-refractivity contribution in [2.24, 2.45) is 0 Å². The minimum absolute atomic E-state index is 0.288. The van der Waals surface area contributed by atoms with Crippen LogP contribution < -0.4 is 0 Å². The van der Waals surface area contributed by atoms with Crippen molar-refractivity contribution in [3.8, 4) is 0 Å². The predicted molar refractivity (Wildman–Crippen MR) is 58.1 cm³/mol. The van der Waals surface area contributed by atoms with Crippen LogP contribution >= 0.6 is 11.8 Å². The fourth-order valence-electron chi connectivity index (χ4n) is 2.65. The Bertz CT molecular complexity index is 157. The standard InChI is InChI=1S/C11H20OS/c12-11(7-3-1-4-8-11)10-6-2-5-9-13-10/h10,12H,1-9H2. The summed E-state index contributed by atoms with van der Waals surface area (Å²) in [5, 5.41) is 11.0. The van der Waals surface area contributed by atoms with Crippen LogP contribution in [0.1, 0.15) is 51.4 Å². The zero-order chi connectivity index (χ0) is 9.15. The molecule has 0 spiro atoms. The molecule has 1 atom stereocenters. The molecule has 0 aromatic heterocycles. The summed E-state index contributed by atoms with van der Waals surface area (Å²) in [5.41, 5.74) is -0.288. The molecule has 1 nitrogen and oxygen atoms in total. The Kier molecular flexibility index (Phi) is 3.20. The molecule has 0 aromatic rings. The molecule has 0 amide bonds. The van der Waals surface area contributed by atoms with E-state index in [0.717, 1.165) is 12.8 Å². The van der Waals surface area contributed by atoms with Crippen LogP contribution in [0.25, 0.3) is 0 Å². The average Bonchev–Trinajstić information content (AvgIpc) is 2.20. The van der Waals surface area contributed by atoms with Gasteiger partial charge in [-0.2, -0.15) is 11.8 Å². The largest absolute Gasteiger partial charge is 0.389 e. The Morgan fingerprint density at radius 3 is 2.38 bits per heavy atom. The van der Waals surface area contributed by atoms with Gasteiger partial charge in [0.05, 0.1) is 5.60 Å². The van der Waals surface area contributed by atoms with E-state index in [1.165, 1.54) is 44.3 Å². The second-order valence-corrected chi connectivity index (χ2v) is 5.83. The molecular weight excluding hydrogens is 180 g/mol. The molecule has 1 heterocycles. The number of hydrogen-bond donors (Lipinski definition) is 1. The van der Waals surface area contributed by atoms with Crippen LogP contribution in [-0.2, 0) is 0 Å². The Balaban J connectivity index is 1.94. The molecular formula is C11H20OS. The topological polar surface area (TPSA) is 20.2 Å². The summed E-state index contributed by atoms with van der Waals surface area (Å²) in [4.78, 5) is 0. The van der Waals surface area contributed by atoms with Gasteiger partial charge in [0.15, 0.2) is 0 Å². The Morgan fingerprint density at radius 1 is 1.00 bits per heavy atom. The van der Waals surface area contributed by atoms with Gasteiger partial charge in [0.25, 0.3) is 0 Å². The van der Waals surface area contributed by atoms with Crippen molar-refractivity contribution in [2.75, 3.05) is 5.75 Å². The monoisotopic (exact) mass is 200 g/mol. The highest BCUT2D eigenvalue weighted by atomic mass is 32.2. The van der Waals surface area contributed by atoms with E-state index in [4.69, 9.17) is 0 Å². The predicted octanol–water partition coefficient (Wildman–Crippen LogP) is 2.97. The molecule has 0 radical (unpaired) electrons. The zero-order valence-corrected chi connectivity index (χ0v) is 9.11. The molecule has 76 valence electrons. The summed E-state index contributed by atoms with van der Waals surface area (Å²) in [5.74, 6) is 1.27. The van der Waals surface area contributed by atoms with Crippen molar-refractivity contribution in [2.45, 2.75) is 62.2 Å². The first kappa shape index (κ1) is 9.85. The Labute approximate surface area is 85.3 Å². The van der Waals surface area contributed by atoms with E-state index >= 15 is 0 Å². The van der Waals surface area contributed by atoms with E-state index in [9.17, 15) is 5.11 Å². The average molecular weight is 200 g/mol. The lowest BCUT2D eigenvalue weighted by Crippen LogP contribution is -2.43. The van der Waals surface area contributed by atoms with E-state index in [1.54, 1.807) is 0 Å². The molecule has 1 saturated heterocycles.